The standard InChI is InChI=1S/C16H21F3N2OSi/c1-23(2,3)9-8-22-11-21-7-6-15(20-21)12-4-5-13(16(18)19)14(17)10-12/h4-7,10,16H,8-9,11H2,1-3H3. The van der Waals surface area contributed by atoms with E-state index in [0.717, 1.165) is 18.2 Å². The first kappa shape index (κ1) is 17.7. The number of nitrogens with zero attached hydrogens (tertiary/aromatic N) is 2. The van der Waals surface area contributed by atoms with Gasteiger partial charge in [0.1, 0.15) is 12.5 Å². The predicted molar refractivity (Wildman–Crippen MR) is 86.7 cm³/mol. The molecule has 3 nitrogen and oxygen atoms in total. The number of hydrogen-bond donors (Lipinski definition) is 0. The monoisotopic (exact) mass is 342 g/mol. The molecule has 0 spiro atoms. The molecular weight excluding hydrogens is 321 g/mol. The van der Waals surface area contributed by atoms with Crippen LogP contribution in [0.25, 0.3) is 11.3 Å². The maximum Gasteiger partial charge on any atom is 0.266 e. The summed E-state index contributed by atoms with van der Waals surface area (Å²) in [6.45, 7) is 7.84. The van der Waals surface area contributed by atoms with Crippen molar-refractivity contribution in [3.8, 4) is 11.3 Å². The van der Waals surface area contributed by atoms with E-state index in [2.05, 4.69) is 24.7 Å². The molecule has 2 rings (SSSR count). The van der Waals surface area contributed by atoms with Gasteiger partial charge < -0.3 is 4.74 Å². The molecule has 126 valence electrons. The second-order valence-corrected chi connectivity index (χ2v) is 12.2. The van der Waals surface area contributed by atoms with Gasteiger partial charge in [-0.1, -0.05) is 25.7 Å². The van der Waals surface area contributed by atoms with Crippen LogP contribution in [0.1, 0.15) is 12.0 Å². The van der Waals surface area contributed by atoms with Crippen LogP contribution in [0.4, 0.5) is 13.2 Å². The number of rotatable bonds is 7. The highest BCUT2D eigenvalue weighted by atomic mass is 28.3. The van der Waals surface area contributed by atoms with Gasteiger partial charge in [-0.3, -0.25) is 0 Å². The second kappa shape index (κ2) is 7.31. The highest BCUT2D eigenvalue weighted by Gasteiger charge is 2.15. The molecular formula is C16H21F3N2OSi. The fraction of sp³-hybridized carbons (Fsp3) is 0.438. The number of aromatic nitrogens is 2. The molecule has 0 bridgehead atoms. The van der Waals surface area contributed by atoms with Gasteiger partial charge in [-0.2, -0.15) is 5.10 Å². The van der Waals surface area contributed by atoms with Gasteiger partial charge in [-0.25, -0.2) is 17.9 Å². The summed E-state index contributed by atoms with van der Waals surface area (Å²) < 4.78 is 45.9. The molecule has 1 aromatic heterocycles. The zero-order valence-corrected chi connectivity index (χ0v) is 14.5. The van der Waals surface area contributed by atoms with Crippen LogP contribution in [0, 0.1) is 5.82 Å². The average molecular weight is 342 g/mol. The smallest absolute Gasteiger partial charge is 0.266 e. The highest BCUT2D eigenvalue weighted by molar-refractivity contribution is 6.76. The maximum atomic E-state index is 13.6. The molecule has 0 unspecified atom stereocenters. The quantitative estimate of drug-likeness (QED) is 0.526. The molecule has 0 aliphatic heterocycles. The summed E-state index contributed by atoms with van der Waals surface area (Å²) in [5.74, 6) is -0.918. The van der Waals surface area contributed by atoms with Crippen molar-refractivity contribution in [1.82, 2.24) is 9.78 Å². The lowest BCUT2D eigenvalue weighted by Crippen LogP contribution is -2.22. The Morgan fingerprint density at radius 1 is 1.22 bits per heavy atom. The molecule has 23 heavy (non-hydrogen) atoms. The normalized spacial score (nSPS) is 12.1. The fourth-order valence-electron chi connectivity index (χ4n) is 1.99. The van der Waals surface area contributed by atoms with E-state index in [1.807, 2.05) is 0 Å². The molecule has 0 radical (unpaired) electrons. The van der Waals surface area contributed by atoms with E-state index in [-0.39, 0.29) is 0 Å². The van der Waals surface area contributed by atoms with Crippen LogP contribution >= 0.6 is 0 Å². The molecule has 0 aliphatic carbocycles. The summed E-state index contributed by atoms with van der Waals surface area (Å²) >= 11 is 0. The topological polar surface area (TPSA) is 27.1 Å². The third kappa shape index (κ3) is 5.21. The van der Waals surface area contributed by atoms with Gasteiger partial charge in [0.2, 0.25) is 0 Å². The Bertz CT molecular complexity index is 653. The molecule has 0 saturated heterocycles. The van der Waals surface area contributed by atoms with E-state index >= 15 is 0 Å². The minimum Gasteiger partial charge on any atom is -0.360 e. The number of benzene rings is 1. The highest BCUT2D eigenvalue weighted by Crippen LogP contribution is 2.26. The van der Waals surface area contributed by atoms with E-state index in [9.17, 15) is 13.2 Å². The van der Waals surface area contributed by atoms with Crippen molar-refractivity contribution in [2.75, 3.05) is 6.61 Å². The number of alkyl halides is 2. The molecule has 1 heterocycles. The third-order valence-corrected chi connectivity index (χ3v) is 5.10. The van der Waals surface area contributed by atoms with E-state index in [1.54, 1.807) is 16.9 Å². The summed E-state index contributed by atoms with van der Waals surface area (Å²) in [5, 5.41) is 4.28. The fourth-order valence-corrected chi connectivity index (χ4v) is 2.74. The van der Waals surface area contributed by atoms with Crippen LogP contribution in [0.15, 0.2) is 30.5 Å². The molecule has 1 aromatic carbocycles. The lowest BCUT2D eigenvalue weighted by atomic mass is 10.1. The Morgan fingerprint density at radius 3 is 2.57 bits per heavy atom. The Morgan fingerprint density at radius 2 is 1.96 bits per heavy atom. The van der Waals surface area contributed by atoms with Crippen molar-refractivity contribution in [3.63, 3.8) is 0 Å². The SMILES string of the molecule is C[Si](C)(C)CCOCn1ccc(-c2ccc(C(F)F)c(F)c2)n1. The first-order chi connectivity index (χ1) is 10.8. The molecule has 0 fully saturated rings. The minimum atomic E-state index is -2.82. The first-order valence-corrected chi connectivity index (χ1v) is 11.2. The van der Waals surface area contributed by atoms with E-state index in [1.165, 1.54) is 6.07 Å². The Kier molecular flexibility index (Phi) is 5.64. The summed E-state index contributed by atoms with van der Waals surface area (Å²) in [5.41, 5.74) is 0.397. The summed E-state index contributed by atoms with van der Waals surface area (Å²) in [7, 11) is -1.12. The van der Waals surface area contributed by atoms with Crippen molar-refractivity contribution in [2.24, 2.45) is 0 Å². The van der Waals surface area contributed by atoms with Crippen LogP contribution in [-0.4, -0.2) is 24.5 Å². The predicted octanol–water partition coefficient (Wildman–Crippen LogP) is 4.94. The Hall–Kier alpha value is -1.60. The van der Waals surface area contributed by atoms with Crippen molar-refractivity contribution >= 4 is 8.07 Å². The molecule has 0 atom stereocenters. The van der Waals surface area contributed by atoms with Gasteiger partial charge >= 0.3 is 0 Å². The summed E-state index contributed by atoms with van der Waals surface area (Å²) in [6, 6.07) is 6.41. The van der Waals surface area contributed by atoms with Gasteiger partial charge in [0.25, 0.3) is 6.43 Å². The second-order valence-electron chi connectivity index (χ2n) is 6.63. The van der Waals surface area contributed by atoms with Crippen LogP contribution in [0.3, 0.4) is 0 Å². The van der Waals surface area contributed by atoms with Crippen molar-refractivity contribution < 1.29 is 17.9 Å². The zero-order valence-electron chi connectivity index (χ0n) is 13.5. The molecule has 0 amide bonds. The van der Waals surface area contributed by atoms with Crippen LogP contribution in [0.5, 0.6) is 0 Å². The van der Waals surface area contributed by atoms with Gasteiger partial charge in [-0.05, 0) is 24.2 Å². The molecule has 0 saturated carbocycles. The van der Waals surface area contributed by atoms with Crippen LogP contribution < -0.4 is 0 Å². The lowest BCUT2D eigenvalue weighted by Gasteiger charge is -2.15. The van der Waals surface area contributed by atoms with E-state index < -0.39 is 25.9 Å². The molecule has 0 aliphatic rings. The Balaban J connectivity index is 1.98. The first-order valence-electron chi connectivity index (χ1n) is 7.45. The van der Waals surface area contributed by atoms with Gasteiger partial charge in [0, 0.05) is 26.4 Å². The number of hydrogen-bond acceptors (Lipinski definition) is 2. The molecule has 0 N–H and O–H groups in total. The van der Waals surface area contributed by atoms with Crippen LogP contribution in [0.2, 0.25) is 25.7 Å². The maximum absolute atomic E-state index is 13.6. The zero-order chi connectivity index (χ0) is 17.0. The number of halogens is 3. The van der Waals surface area contributed by atoms with Gasteiger partial charge in [-0.15, -0.1) is 0 Å². The third-order valence-electron chi connectivity index (χ3n) is 3.39. The Labute approximate surface area is 135 Å². The molecule has 7 heteroatoms. The summed E-state index contributed by atoms with van der Waals surface area (Å²) in [6.07, 6.45) is -1.09. The van der Waals surface area contributed by atoms with Crippen molar-refractivity contribution in [1.29, 1.82) is 0 Å². The van der Waals surface area contributed by atoms with Crippen LogP contribution in [-0.2, 0) is 11.5 Å². The summed E-state index contributed by atoms with van der Waals surface area (Å²) in [4.78, 5) is 0. The molecule has 2 aromatic rings. The van der Waals surface area contributed by atoms with Crippen molar-refractivity contribution in [3.05, 3.63) is 41.8 Å². The lowest BCUT2D eigenvalue weighted by molar-refractivity contribution is 0.0787. The largest absolute Gasteiger partial charge is 0.360 e. The van der Waals surface area contributed by atoms with Gasteiger partial charge in [0.05, 0.1) is 11.3 Å². The van der Waals surface area contributed by atoms with Gasteiger partial charge in [0.15, 0.2) is 0 Å². The average Bonchev–Trinajstić information content (AvgIpc) is 2.91. The minimum absolute atomic E-state index is 0.322. The van der Waals surface area contributed by atoms with Crippen molar-refractivity contribution in [2.45, 2.75) is 38.8 Å². The number of ether oxygens (including phenoxy) is 1. The van der Waals surface area contributed by atoms with E-state index in [0.29, 0.717) is 24.6 Å². The van der Waals surface area contributed by atoms with E-state index in [4.69, 9.17) is 4.74 Å².